The maximum absolute atomic E-state index is 12.8. The number of rotatable bonds is 4. The van der Waals surface area contributed by atoms with Gasteiger partial charge in [-0.15, -0.1) is 0 Å². The van der Waals surface area contributed by atoms with Gasteiger partial charge in [-0.2, -0.15) is 13.2 Å². The zero-order chi connectivity index (χ0) is 23.3. The van der Waals surface area contributed by atoms with E-state index in [9.17, 15) is 22.8 Å². The van der Waals surface area contributed by atoms with Crippen LogP contribution in [0.4, 0.5) is 18.0 Å². The largest absolute Gasteiger partial charge is 0.434 e. The summed E-state index contributed by atoms with van der Waals surface area (Å²) in [7, 11) is 0. The number of carbonyl (C=O) groups is 2. The molecule has 2 atom stereocenters. The van der Waals surface area contributed by atoms with Crippen LogP contribution in [0.5, 0.6) is 5.88 Å². The Labute approximate surface area is 187 Å². The highest BCUT2D eigenvalue weighted by Gasteiger charge is 2.59. The molecule has 2 heterocycles. The minimum Gasteiger partial charge on any atom is -0.390 e. The smallest absolute Gasteiger partial charge is 0.390 e. The average molecular weight is 461 g/mol. The van der Waals surface area contributed by atoms with Crippen molar-refractivity contribution in [1.82, 2.24) is 25.6 Å². The SMILES string of the molecule is O=C(NC12CC3CC(C1)CC(NC(=O)c1ccccn1)(C3)C2)Oc1cnc(C(F)(F)F)cn1. The molecule has 33 heavy (non-hydrogen) atoms. The lowest BCUT2D eigenvalue weighted by atomic mass is 9.50. The predicted molar refractivity (Wildman–Crippen MR) is 108 cm³/mol. The Morgan fingerprint density at radius 3 is 2.24 bits per heavy atom. The second-order valence-electron chi connectivity index (χ2n) is 9.44. The Balaban J connectivity index is 1.28. The molecular formula is C22H22F3N5O3. The van der Waals surface area contributed by atoms with E-state index in [0.29, 0.717) is 30.1 Å². The van der Waals surface area contributed by atoms with Crippen molar-refractivity contribution in [3.63, 3.8) is 0 Å². The van der Waals surface area contributed by atoms with Crippen LogP contribution in [0, 0.1) is 11.8 Å². The first-order valence-corrected chi connectivity index (χ1v) is 10.8. The van der Waals surface area contributed by atoms with Gasteiger partial charge < -0.3 is 15.4 Å². The summed E-state index contributed by atoms with van der Waals surface area (Å²) in [6, 6.07) is 5.16. The van der Waals surface area contributed by atoms with E-state index in [2.05, 4.69) is 25.6 Å². The fraction of sp³-hybridized carbons (Fsp3) is 0.500. The molecule has 0 radical (unpaired) electrons. The topological polar surface area (TPSA) is 106 Å². The molecule has 2 unspecified atom stereocenters. The summed E-state index contributed by atoms with van der Waals surface area (Å²) in [5, 5.41) is 6.12. The molecule has 2 aromatic heterocycles. The molecule has 174 valence electrons. The van der Waals surface area contributed by atoms with E-state index in [-0.39, 0.29) is 11.8 Å². The van der Waals surface area contributed by atoms with Crippen LogP contribution in [-0.4, -0.2) is 38.0 Å². The Bertz CT molecular complexity index is 1050. The fourth-order valence-electron chi connectivity index (χ4n) is 6.21. The second kappa shape index (κ2) is 7.67. The number of pyridine rings is 1. The third-order valence-electron chi connectivity index (χ3n) is 6.82. The van der Waals surface area contributed by atoms with Crippen LogP contribution in [0.15, 0.2) is 36.8 Å². The lowest BCUT2D eigenvalue weighted by Crippen LogP contribution is -2.70. The molecule has 2 N–H and O–H groups in total. The summed E-state index contributed by atoms with van der Waals surface area (Å²) < 4.78 is 43.1. The summed E-state index contributed by atoms with van der Waals surface area (Å²) in [5.74, 6) is 0.140. The van der Waals surface area contributed by atoms with Crippen molar-refractivity contribution >= 4 is 12.0 Å². The van der Waals surface area contributed by atoms with Gasteiger partial charge in [-0.05, 0) is 62.5 Å². The average Bonchev–Trinajstić information content (AvgIpc) is 2.72. The molecule has 4 aliphatic rings. The second-order valence-corrected chi connectivity index (χ2v) is 9.44. The van der Waals surface area contributed by atoms with Gasteiger partial charge in [0.1, 0.15) is 5.69 Å². The number of carbonyl (C=O) groups excluding carboxylic acids is 2. The molecule has 0 spiro atoms. The van der Waals surface area contributed by atoms with Crippen LogP contribution in [0.25, 0.3) is 0 Å². The number of aromatic nitrogens is 3. The van der Waals surface area contributed by atoms with Crippen molar-refractivity contribution in [2.24, 2.45) is 11.8 Å². The zero-order valence-electron chi connectivity index (χ0n) is 17.6. The lowest BCUT2D eigenvalue weighted by Gasteiger charge is -2.61. The third kappa shape index (κ3) is 4.36. The highest BCUT2D eigenvalue weighted by atomic mass is 19.4. The maximum atomic E-state index is 12.8. The van der Waals surface area contributed by atoms with Crippen LogP contribution in [0.1, 0.15) is 54.7 Å². The van der Waals surface area contributed by atoms with E-state index in [1.54, 1.807) is 24.4 Å². The Morgan fingerprint density at radius 1 is 0.970 bits per heavy atom. The number of amides is 2. The van der Waals surface area contributed by atoms with Gasteiger partial charge in [0.05, 0.1) is 12.4 Å². The lowest BCUT2D eigenvalue weighted by molar-refractivity contribution is -0.141. The minimum atomic E-state index is -4.62. The molecule has 2 aromatic rings. The zero-order valence-corrected chi connectivity index (χ0v) is 17.6. The van der Waals surface area contributed by atoms with Crippen LogP contribution in [0.3, 0.4) is 0 Å². The number of halogens is 3. The molecule has 4 aliphatic carbocycles. The number of nitrogens with zero attached hydrogens (tertiary/aromatic N) is 3. The van der Waals surface area contributed by atoms with Gasteiger partial charge in [0.25, 0.3) is 5.91 Å². The number of nitrogens with one attached hydrogen (secondary N) is 2. The third-order valence-corrected chi connectivity index (χ3v) is 6.82. The van der Waals surface area contributed by atoms with E-state index >= 15 is 0 Å². The van der Waals surface area contributed by atoms with E-state index in [1.807, 2.05) is 0 Å². The van der Waals surface area contributed by atoms with E-state index in [4.69, 9.17) is 4.74 Å². The number of hydrogen-bond acceptors (Lipinski definition) is 6. The molecular weight excluding hydrogens is 439 g/mol. The van der Waals surface area contributed by atoms with E-state index in [1.165, 1.54) is 0 Å². The first kappa shape index (κ1) is 21.6. The van der Waals surface area contributed by atoms with Gasteiger partial charge >= 0.3 is 12.3 Å². The van der Waals surface area contributed by atoms with Gasteiger partial charge in [0, 0.05) is 17.3 Å². The fourth-order valence-corrected chi connectivity index (χ4v) is 6.21. The van der Waals surface area contributed by atoms with Crippen LogP contribution >= 0.6 is 0 Å². The molecule has 6 rings (SSSR count). The molecule has 4 bridgehead atoms. The van der Waals surface area contributed by atoms with E-state index in [0.717, 1.165) is 38.3 Å². The van der Waals surface area contributed by atoms with Crippen molar-refractivity contribution in [3.8, 4) is 5.88 Å². The molecule has 2 amide bonds. The summed E-state index contributed by atoms with van der Waals surface area (Å²) in [4.78, 5) is 36.3. The van der Waals surface area contributed by atoms with Crippen molar-refractivity contribution in [2.75, 3.05) is 0 Å². The molecule has 0 aromatic carbocycles. The number of ether oxygens (including phenoxy) is 1. The van der Waals surface area contributed by atoms with Gasteiger partial charge in [0.2, 0.25) is 5.88 Å². The molecule has 4 fully saturated rings. The summed E-state index contributed by atoms with van der Waals surface area (Å²) >= 11 is 0. The van der Waals surface area contributed by atoms with Gasteiger partial charge in [-0.1, -0.05) is 6.07 Å². The van der Waals surface area contributed by atoms with E-state index < -0.39 is 29.0 Å². The quantitative estimate of drug-likeness (QED) is 0.722. The Morgan fingerprint density at radius 2 is 1.67 bits per heavy atom. The summed E-state index contributed by atoms with van der Waals surface area (Å²) in [5.41, 5.74) is -1.82. The Kier molecular flexibility index (Phi) is 5.02. The molecule has 0 saturated heterocycles. The van der Waals surface area contributed by atoms with Crippen molar-refractivity contribution in [1.29, 1.82) is 0 Å². The van der Waals surface area contributed by atoms with Crippen molar-refractivity contribution in [3.05, 3.63) is 48.2 Å². The standard InChI is InChI=1S/C22H22F3N5O3/c23-22(24,25)16-10-28-17(11-27-16)33-19(32)30-21-8-13-5-14(9-21)7-20(6-13,12-21)29-18(31)15-3-1-2-4-26-15/h1-4,10-11,13-14H,5-9,12H2,(H,29,31)(H,30,32). The minimum absolute atomic E-state index is 0.240. The van der Waals surface area contributed by atoms with Crippen LogP contribution in [-0.2, 0) is 6.18 Å². The summed E-state index contributed by atoms with van der Waals surface area (Å²) in [6.45, 7) is 0. The Hall–Kier alpha value is -3.24. The highest BCUT2D eigenvalue weighted by Crippen LogP contribution is 2.57. The van der Waals surface area contributed by atoms with Crippen molar-refractivity contribution in [2.45, 2.75) is 55.8 Å². The van der Waals surface area contributed by atoms with Gasteiger partial charge in [-0.3, -0.25) is 9.78 Å². The molecule has 8 nitrogen and oxygen atoms in total. The van der Waals surface area contributed by atoms with Gasteiger partial charge in [-0.25, -0.2) is 14.8 Å². The van der Waals surface area contributed by atoms with Crippen LogP contribution < -0.4 is 15.4 Å². The number of alkyl halides is 3. The van der Waals surface area contributed by atoms with Crippen molar-refractivity contribution < 1.29 is 27.5 Å². The monoisotopic (exact) mass is 461 g/mol. The van der Waals surface area contributed by atoms with Gasteiger partial charge in [0.15, 0.2) is 5.69 Å². The molecule has 11 heteroatoms. The highest BCUT2D eigenvalue weighted by molar-refractivity contribution is 5.92. The van der Waals surface area contributed by atoms with Crippen LogP contribution in [0.2, 0.25) is 0 Å². The molecule has 4 saturated carbocycles. The normalized spacial score (nSPS) is 30.0. The number of hydrogen-bond donors (Lipinski definition) is 2. The maximum Gasteiger partial charge on any atom is 0.434 e. The first-order chi connectivity index (χ1) is 15.6. The first-order valence-electron chi connectivity index (χ1n) is 10.8. The predicted octanol–water partition coefficient (Wildman–Crippen LogP) is 3.50. The molecule has 0 aliphatic heterocycles. The summed E-state index contributed by atoms with van der Waals surface area (Å²) in [6.07, 6.45) is 2.25.